The highest BCUT2D eigenvalue weighted by Crippen LogP contribution is 2.44. The molecule has 1 aliphatic carbocycles. The fourth-order valence-electron chi connectivity index (χ4n) is 10.4. The van der Waals surface area contributed by atoms with Gasteiger partial charge in [0.05, 0.1) is 50.2 Å². The maximum absolute atomic E-state index is 12.9. The van der Waals surface area contributed by atoms with E-state index in [0.29, 0.717) is 65.0 Å². The molecule has 8 aromatic rings. The SMILES string of the molecule is CC(C)(C)c1cc2c(O)c(c1)Cc1cc(C(C)(C)C)cc(c1OCCCOc1cccc(C=Nc3cccnc3)c1)Cc1cc(C(C)(C)C)cc(c1O)Cc1cc(C(C)(C)C)cc(c1OCCCOc1cccc(C=Nc3cccnc3)c1)C2. The molecule has 2 N–H and O–H groups in total. The van der Waals surface area contributed by atoms with Gasteiger partial charge in [-0.1, -0.05) is 156 Å². The normalized spacial score (nSPS) is 13.1. The summed E-state index contributed by atoms with van der Waals surface area (Å²) >= 11 is 0. The lowest BCUT2D eigenvalue weighted by Crippen LogP contribution is -2.17. The molecule has 10 nitrogen and oxygen atoms in total. The number of aromatic nitrogens is 2. The topological polar surface area (TPSA) is 128 Å². The van der Waals surface area contributed by atoms with Gasteiger partial charge in [-0.3, -0.25) is 20.0 Å². The van der Waals surface area contributed by atoms with Gasteiger partial charge in [-0.05, 0) is 148 Å². The summed E-state index contributed by atoms with van der Waals surface area (Å²) in [6.07, 6.45) is 13.4. The number of pyridine rings is 2. The molecule has 9 rings (SSSR count). The Kier molecular flexibility index (Phi) is 18.5. The molecule has 0 fully saturated rings. The summed E-state index contributed by atoms with van der Waals surface area (Å²) in [7, 11) is 0. The number of aliphatic imine (C=N–C) groups is 2. The Balaban J connectivity index is 1.09. The third-order valence-electron chi connectivity index (χ3n) is 15.3. The highest BCUT2D eigenvalue weighted by Gasteiger charge is 2.29. The average molecular weight is 1130 g/mol. The van der Waals surface area contributed by atoms with Crippen molar-refractivity contribution >= 4 is 23.8 Å². The quantitative estimate of drug-likeness (QED) is 0.0723. The van der Waals surface area contributed by atoms with Gasteiger partial charge in [-0.25, -0.2) is 0 Å². The van der Waals surface area contributed by atoms with Gasteiger partial charge in [0.1, 0.15) is 34.5 Å². The van der Waals surface area contributed by atoms with E-state index >= 15 is 0 Å². The van der Waals surface area contributed by atoms with Gasteiger partial charge in [0.15, 0.2) is 0 Å². The first-order valence-electron chi connectivity index (χ1n) is 29.6. The Morgan fingerprint density at radius 3 is 1.00 bits per heavy atom. The van der Waals surface area contributed by atoms with E-state index in [0.717, 1.165) is 112 Å². The molecule has 436 valence electrons. The highest BCUT2D eigenvalue weighted by molar-refractivity contribution is 5.83. The Morgan fingerprint density at radius 2 is 0.702 bits per heavy atom. The van der Waals surface area contributed by atoms with Crippen molar-refractivity contribution in [2.24, 2.45) is 9.98 Å². The number of fused-ring (bicyclic) bond motifs is 8. The molecule has 0 amide bonds. The molecule has 84 heavy (non-hydrogen) atoms. The highest BCUT2D eigenvalue weighted by atomic mass is 16.5. The molecule has 10 heteroatoms. The molecular weight excluding hydrogens is 1040 g/mol. The van der Waals surface area contributed by atoms with E-state index in [1.54, 1.807) is 24.8 Å². The van der Waals surface area contributed by atoms with Crippen molar-refractivity contribution in [3.63, 3.8) is 0 Å². The van der Waals surface area contributed by atoms with Crippen LogP contribution in [0.15, 0.2) is 156 Å². The van der Waals surface area contributed by atoms with Crippen LogP contribution in [0.1, 0.15) is 174 Å². The minimum Gasteiger partial charge on any atom is -0.507 e. The Morgan fingerprint density at radius 1 is 0.393 bits per heavy atom. The van der Waals surface area contributed by atoms with Crippen LogP contribution in [0.25, 0.3) is 0 Å². The van der Waals surface area contributed by atoms with E-state index in [1.807, 2.05) is 85.2 Å². The van der Waals surface area contributed by atoms with E-state index in [2.05, 4.69) is 152 Å². The van der Waals surface area contributed by atoms with Crippen LogP contribution in [0.3, 0.4) is 0 Å². The number of aromatic hydroxyl groups is 2. The monoisotopic (exact) mass is 1120 g/mol. The molecule has 0 atom stereocenters. The van der Waals surface area contributed by atoms with Gasteiger partial charge < -0.3 is 29.2 Å². The maximum Gasteiger partial charge on any atom is 0.126 e. The van der Waals surface area contributed by atoms with Crippen molar-refractivity contribution in [1.82, 2.24) is 9.97 Å². The summed E-state index contributed by atoms with van der Waals surface area (Å²) in [6.45, 7) is 28.4. The van der Waals surface area contributed by atoms with Crippen LogP contribution in [0.5, 0.6) is 34.5 Å². The first-order valence-corrected chi connectivity index (χ1v) is 29.6. The summed E-state index contributed by atoms with van der Waals surface area (Å²) in [5, 5.41) is 25.7. The van der Waals surface area contributed by atoms with Crippen molar-refractivity contribution in [3.8, 4) is 34.5 Å². The van der Waals surface area contributed by atoms with Crippen LogP contribution >= 0.6 is 0 Å². The van der Waals surface area contributed by atoms with Gasteiger partial charge in [0.2, 0.25) is 0 Å². The third kappa shape index (κ3) is 15.7. The Hall–Kier alpha value is -8.24. The number of ether oxygens (including phenoxy) is 4. The first kappa shape index (κ1) is 60.4. The zero-order valence-corrected chi connectivity index (χ0v) is 51.4. The molecule has 2 heterocycles. The molecule has 0 unspecified atom stereocenters. The predicted octanol–water partition coefficient (Wildman–Crippen LogP) is 17.0. The molecular formula is C74H84N4O6. The second kappa shape index (κ2) is 25.7. The number of nitrogens with zero attached hydrogens (tertiary/aromatic N) is 4. The zero-order valence-electron chi connectivity index (χ0n) is 51.4. The number of phenols is 2. The molecule has 6 aromatic carbocycles. The predicted molar refractivity (Wildman–Crippen MR) is 342 cm³/mol. The van der Waals surface area contributed by atoms with Gasteiger partial charge in [-0.2, -0.15) is 0 Å². The van der Waals surface area contributed by atoms with E-state index in [9.17, 15) is 10.2 Å². The molecule has 2 aromatic heterocycles. The zero-order chi connectivity index (χ0) is 59.8. The van der Waals surface area contributed by atoms with Crippen LogP contribution < -0.4 is 18.9 Å². The average Bonchev–Trinajstić information content (AvgIpc) is 3.60. The fraction of sp³-hybridized carbons (Fsp3) is 0.351. The lowest BCUT2D eigenvalue weighted by molar-refractivity contribution is 0.245. The second-order valence-corrected chi connectivity index (χ2v) is 26.4. The third-order valence-corrected chi connectivity index (χ3v) is 15.3. The molecule has 0 radical (unpaired) electrons. The van der Waals surface area contributed by atoms with E-state index in [4.69, 9.17) is 18.9 Å². The standard InChI is InChI=1S/C74H84N4O6/c1-71(2,3)59-37-51-33-55-41-61(73(7,8)9)43-57(69(55)83-29-17-27-81-65-23-13-19-49(31-65)45-77-63-21-15-25-75-47-63)35-53-39-60(72(4,5)6)40-54(68(53)80)36-58-44-62(74(10,11)12)42-56(34-52(38-59)67(51)79)70(58)84-30-18-28-82-66-24-14-20-50(32-66)46-78-64-22-16-26-76-48-64/h13-16,19-26,31-32,37-48,79-80H,17-18,27-30,33-36H2,1-12H3. The van der Waals surface area contributed by atoms with Crippen LogP contribution in [0.2, 0.25) is 0 Å². The van der Waals surface area contributed by atoms with Gasteiger partial charge >= 0.3 is 0 Å². The summed E-state index contributed by atoms with van der Waals surface area (Å²) in [5.41, 5.74) is 14.2. The lowest BCUT2D eigenvalue weighted by atomic mass is 9.79. The second-order valence-electron chi connectivity index (χ2n) is 26.4. The maximum atomic E-state index is 12.9. The van der Waals surface area contributed by atoms with Crippen LogP contribution in [-0.2, 0) is 47.3 Å². The lowest BCUT2D eigenvalue weighted by Gasteiger charge is -2.28. The molecule has 0 aliphatic heterocycles. The minimum absolute atomic E-state index is 0.230. The Labute approximate surface area is 498 Å². The largest absolute Gasteiger partial charge is 0.507 e. The molecule has 0 saturated heterocycles. The minimum atomic E-state index is -0.240. The number of rotatable bonds is 16. The van der Waals surface area contributed by atoms with Crippen molar-refractivity contribution in [3.05, 3.63) is 224 Å². The van der Waals surface area contributed by atoms with Crippen molar-refractivity contribution < 1.29 is 29.2 Å². The summed E-state index contributed by atoms with van der Waals surface area (Å²) in [6, 6.07) is 41.2. The summed E-state index contributed by atoms with van der Waals surface area (Å²) in [5.74, 6) is 3.53. The molecule has 8 bridgehead atoms. The van der Waals surface area contributed by atoms with Gasteiger partial charge in [0, 0.05) is 63.3 Å². The first-order chi connectivity index (χ1) is 39.9. The smallest absolute Gasteiger partial charge is 0.126 e. The van der Waals surface area contributed by atoms with Crippen molar-refractivity contribution in [2.45, 2.75) is 143 Å². The molecule has 0 spiro atoms. The van der Waals surface area contributed by atoms with E-state index in [-0.39, 0.29) is 33.2 Å². The van der Waals surface area contributed by atoms with Crippen LogP contribution in [0.4, 0.5) is 11.4 Å². The van der Waals surface area contributed by atoms with Crippen LogP contribution in [-0.4, -0.2) is 59.0 Å². The molecule has 1 aliphatic rings. The number of hydrogen-bond donors (Lipinski definition) is 2. The fourth-order valence-corrected chi connectivity index (χ4v) is 10.4. The summed E-state index contributed by atoms with van der Waals surface area (Å²) < 4.78 is 26.7. The van der Waals surface area contributed by atoms with Crippen LogP contribution in [0, 0.1) is 0 Å². The van der Waals surface area contributed by atoms with E-state index < -0.39 is 0 Å². The van der Waals surface area contributed by atoms with Gasteiger partial charge in [0.25, 0.3) is 0 Å². The Bertz CT molecular complexity index is 3300. The van der Waals surface area contributed by atoms with Crippen molar-refractivity contribution in [2.75, 3.05) is 26.4 Å². The number of phenolic OH excluding ortho intramolecular Hbond substituents is 2. The van der Waals surface area contributed by atoms with E-state index in [1.165, 1.54) is 0 Å². The summed E-state index contributed by atoms with van der Waals surface area (Å²) in [4.78, 5) is 17.5. The molecule has 0 saturated carbocycles. The number of hydrogen-bond acceptors (Lipinski definition) is 10. The van der Waals surface area contributed by atoms with Crippen molar-refractivity contribution in [1.29, 1.82) is 0 Å². The van der Waals surface area contributed by atoms with Gasteiger partial charge in [-0.15, -0.1) is 0 Å². The number of benzene rings is 6.